The van der Waals surface area contributed by atoms with Gasteiger partial charge >= 0.3 is 0 Å². The highest BCUT2D eigenvalue weighted by molar-refractivity contribution is 6.18. The second kappa shape index (κ2) is 3.17. The van der Waals surface area contributed by atoms with Gasteiger partial charge in [0, 0.05) is 0 Å². The SMILES string of the molecule is CC1CCCC(C)([C+]2N=CC=N2)C1. The van der Waals surface area contributed by atoms with Crippen LogP contribution in [0.15, 0.2) is 9.98 Å². The molecule has 1 fully saturated rings. The molecular weight excluding hydrogens is 160 g/mol. The van der Waals surface area contributed by atoms with E-state index in [0.29, 0.717) is 0 Å². The summed E-state index contributed by atoms with van der Waals surface area (Å²) in [6.07, 6.45) is 9.86. The third-order valence-corrected chi connectivity index (χ3v) is 3.22. The standard InChI is InChI=1S/C11H17N2/c1-9-4-3-5-11(2,8-9)10-12-6-7-13-10/h6-7,9H,3-5,8H2,1-2H3/q+1. The molecule has 2 nitrogen and oxygen atoms in total. The third-order valence-electron chi connectivity index (χ3n) is 3.22. The Hall–Kier alpha value is -0.790. The smallest absolute Gasteiger partial charge is 0.0962 e. The maximum Gasteiger partial charge on any atom is 0.246 e. The first-order chi connectivity index (χ1) is 6.21. The van der Waals surface area contributed by atoms with E-state index in [9.17, 15) is 0 Å². The molecule has 1 heterocycles. The van der Waals surface area contributed by atoms with Gasteiger partial charge in [-0.15, -0.1) is 0 Å². The summed E-state index contributed by atoms with van der Waals surface area (Å²) >= 11 is 0. The molecule has 0 radical (unpaired) electrons. The van der Waals surface area contributed by atoms with Crippen molar-refractivity contribution in [2.24, 2.45) is 21.3 Å². The van der Waals surface area contributed by atoms with E-state index >= 15 is 0 Å². The number of rotatable bonds is 1. The summed E-state index contributed by atoms with van der Waals surface area (Å²) in [4.78, 5) is 8.67. The fourth-order valence-corrected chi connectivity index (χ4v) is 2.57. The van der Waals surface area contributed by atoms with Crippen molar-refractivity contribution in [1.82, 2.24) is 0 Å². The molecule has 2 unspecified atom stereocenters. The zero-order chi connectivity index (χ0) is 9.31. The van der Waals surface area contributed by atoms with Gasteiger partial charge in [0.1, 0.15) is 0 Å². The molecule has 13 heavy (non-hydrogen) atoms. The third kappa shape index (κ3) is 1.62. The van der Waals surface area contributed by atoms with Crippen LogP contribution in [0.5, 0.6) is 0 Å². The average molecular weight is 177 g/mol. The topological polar surface area (TPSA) is 24.7 Å². The van der Waals surface area contributed by atoms with Crippen LogP contribution in [0.1, 0.15) is 39.5 Å². The average Bonchev–Trinajstić information content (AvgIpc) is 2.55. The summed E-state index contributed by atoms with van der Waals surface area (Å²) in [5, 5.41) is 0. The second-order valence-electron chi connectivity index (χ2n) is 4.64. The van der Waals surface area contributed by atoms with Gasteiger partial charge in [-0.3, -0.25) is 0 Å². The largest absolute Gasteiger partial charge is 0.246 e. The lowest BCUT2D eigenvalue weighted by atomic mass is 9.70. The van der Waals surface area contributed by atoms with Gasteiger partial charge in [0.2, 0.25) is 6.17 Å². The Morgan fingerprint density at radius 2 is 2.08 bits per heavy atom. The molecular formula is C11H17N2+. The molecule has 70 valence electrons. The van der Waals surface area contributed by atoms with Crippen LogP contribution in [0, 0.1) is 17.5 Å². The molecule has 1 saturated carbocycles. The van der Waals surface area contributed by atoms with Crippen LogP contribution in [0.25, 0.3) is 0 Å². The first-order valence-electron chi connectivity index (χ1n) is 5.15. The molecule has 2 heteroatoms. The van der Waals surface area contributed by atoms with Gasteiger partial charge in [-0.05, 0) is 25.7 Å². The Bertz CT molecular complexity index is 232. The van der Waals surface area contributed by atoms with E-state index in [0.717, 1.165) is 12.1 Å². The first-order valence-corrected chi connectivity index (χ1v) is 5.15. The Labute approximate surface area is 80.2 Å². The van der Waals surface area contributed by atoms with Crippen LogP contribution in [-0.4, -0.2) is 12.4 Å². The number of hydrogen-bond acceptors (Lipinski definition) is 2. The molecule has 1 aliphatic heterocycles. The van der Waals surface area contributed by atoms with Crippen molar-refractivity contribution in [3.8, 4) is 0 Å². The maximum absolute atomic E-state index is 4.34. The molecule has 2 aliphatic rings. The minimum absolute atomic E-state index is 0.251. The Balaban J connectivity index is 2.09. The van der Waals surface area contributed by atoms with Gasteiger partial charge in [0.05, 0.1) is 5.41 Å². The molecule has 0 bridgehead atoms. The highest BCUT2D eigenvalue weighted by atomic mass is 15.1. The summed E-state index contributed by atoms with van der Waals surface area (Å²) in [5.41, 5.74) is 0.251. The second-order valence-corrected chi connectivity index (χ2v) is 4.64. The Kier molecular flexibility index (Phi) is 2.14. The van der Waals surface area contributed by atoms with E-state index in [1.165, 1.54) is 25.7 Å². The van der Waals surface area contributed by atoms with E-state index in [-0.39, 0.29) is 5.41 Å². The minimum atomic E-state index is 0.251. The lowest BCUT2D eigenvalue weighted by molar-refractivity contribution is 0.180. The van der Waals surface area contributed by atoms with Crippen LogP contribution in [0.3, 0.4) is 0 Å². The van der Waals surface area contributed by atoms with Crippen LogP contribution in [0.4, 0.5) is 0 Å². The van der Waals surface area contributed by atoms with Crippen molar-refractivity contribution >= 4 is 12.4 Å². The van der Waals surface area contributed by atoms with Crippen LogP contribution < -0.4 is 0 Å². The van der Waals surface area contributed by atoms with Gasteiger partial charge in [-0.2, -0.15) is 0 Å². The van der Waals surface area contributed by atoms with Crippen molar-refractivity contribution in [3.63, 3.8) is 0 Å². The molecule has 0 spiro atoms. The number of nitrogens with zero attached hydrogens (tertiary/aromatic N) is 2. The first kappa shape index (κ1) is 8.79. The predicted octanol–water partition coefficient (Wildman–Crippen LogP) is 2.85. The molecule has 2 atom stereocenters. The van der Waals surface area contributed by atoms with Crippen molar-refractivity contribution in [2.45, 2.75) is 39.5 Å². The molecule has 0 aromatic rings. The van der Waals surface area contributed by atoms with Crippen LogP contribution >= 0.6 is 0 Å². The maximum atomic E-state index is 4.34. The normalized spacial score (nSPS) is 38.6. The minimum Gasteiger partial charge on any atom is -0.0962 e. The monoisotopic (exact) mass is 177 g/mol. The van der Waals surface area contributed by atoms with Crippen LogP contribution in [0.2, 0.25) is 0 Å². The van der Waals surface area contributed by atoms with Crippen molar-refractivity contribution in [2.75, 3.05) is 0 Å². The van der Waals surface area contributed by atoms with Gasteiger partial charge < -0.3 is 0 Å². The zero-order valence-corrected chi connectivity index (χ0v) is 8.45. The number of aliphatic imine (C=N–C) groups is 2. The highest BCUT2D eigenvalue weighted by Gasteiger charge is 2.43. The zero-order valence-electron chi connectivity index (χ0n) is 8.45. The summed E-state index contributed by atoms with van der Waals surface area (Å²) in [6, 6.07) is 0. The van der Waals surface area contributed by atoms with E-state index in [1.807, 2.05) is 0 Å². The Morgan fingerprint density at radius 3 is 2.69 bits per heavy atom. The molecule has 0 aromatic heterocycles. The van der Waals surface area contributed by atoms with Gasteiger partial charge in [0.25, 0.3) is 0 Å². The van der Waals surface area contributed by atoms with E-state index in [1.54, 1.807) is 12.4 Å². The molecule has 2 rings (SSSR count). The molecule has 0 aromatic carbocycles. The van der Waals surface area contributed by atoms with Crippen molar-refractivity contribution in [3.05, 3.63) is 6.17 Å². The van der Waals surface area contributed by atoms with E-state index < -0.39 is 0 Å². The Morgan fingerprint density at radius 1 is 1.38 bits per heavy atom. The summed E-state index contributed by atoms with van der Waals surface area (Å²) in [7, 11) is 0. The fourth-order valence-electron chi connectivity index (χ4n) is 2.57. The van der Waals surface area contributed by atoms with Crippen molar-refractivity contribution < 1.29 is 0 Å². The lowest BCUT2D eigenvalue weighted by Crippen LogP contribution is -2.29. The fraction of sp³-hybridized carbons (Fsp3) is 0.727. The number of hydrogen-bond donors (Lipinski definition) is 0. The van der Waals surface area contributed by atoms with Crippen molar-refractivity contribution in [1.29, 1.82) is 0 Å². The van der Waals surface area contributed by atoms with Gasteiger partial charge in [-0.1, -0.05) is 29.8 Å². The highest BCUT2D eigenvalue weighted by Crippen LogP contribution is 2.47. The van der Waals surface area contributed by atoms with Gasteiger partial charge in [-0.25, -0.2) is 0 Å². The van der Waals surface area contributed by atoms with E-state index in [4.69, 9.17) is 0 Å². The summed E-state index contributed by atoms with van der Waals surface area (Å²) < 4.78 is 0. The molecule has 0 amide bonds. The summed E-state index contributed by atoms with van der Waals surface area (Å²) in [6.45, 7) is 4.64. The molecule has 0 N–H and O–H groups in total. The van der Waals surface area contributed by atoms with Gasteiger partial charge in [0.15, 0.2) is 12.4 Å². The van der Waals surface area contributed by atoms with Crippen LogP contribution in [-0.2, 0) is 0 Å². The lowest BCUT2D eigenvalue weighted by Gasteiger charge is -2.34. The molecule has 1 aliphatic carbocycles. The quantitative estimate of drug-likeness (QED) is 0.550. The summed E-state index contributed by atoms with van der Waals surface area (Å²) in [5.74, 6) is 0.831. The molecule has 0 saturated heterocycles. The van der Waals surface area contributed by atoms with E-state index in [2.05, 4.69) is 23.8 Å². The predicted molar refractivity (Wildman–Crippen MR) is 56.0 cm³/mol.